The zero-order valence-electron chi connectivity index (χ0n) is 21.5. The van der Waals surface area contributed by atoms with Crippen LogP contribution in [0.25, 0.3) is 11.0 Å². The highest BCUT2D eigenvalue weighted by atomic mass is 19.4. The topological polar surface area (TPSA) is 101 Å². The maximum absolute atomic E-state index is 11.9. The number of likely N-dealkylation sites (tertiary alicyclic amines) is 1. The number of aliphatic hydroxyl groups is 1. The monoisotopic (exact) mass is 524 g/mol. The lowest BCUT2D eigenvalue weighted by atomic mass is 9.89. The van der Waals surface area contributed by atoms with Crippen molar-refractivity contribution in [3.8, 4) is 0 Å². The molecule has 2 aromatic rings. The van der Waals surface area contributed by atoms with Crippen LogP contribution in [0, 0.1) is 11.8 Å². The fourth-order valence-corrected chi connectivity index (χ4v) is 5.67. The summed E-state index contributed by atoms with van der Waals surface area (Å²) in [4.78, 5) is 24.3. The molecular weight excluding hydrogens is 485 g/mol. The summed E-state index contributed by atoms with van der Waals surface area (Å²) in [5.41, 5.74) is 6.18. The first-order chi connectivity index (χ1) is 17.6. The minimum Gasteiger partial charge on any atom is -0.391 e. The van der Waals surface area contributed by atoms with Gasteiger partial charge >= 0.3 is 6.18 Å². The molecule has 1 amide bonds. The highest BCUT2D eigenvalue weighted by Crippen LogP contribution is 2.37. The molecule has 1 aliphatic heterocycles. The molecule has 206 valence electrons. The maximum atomic E-state index is 11.9. The summed E-state index contributed by atoms with van der Waals surface area (Å²) in [5.74, 6) is -0.231. The summed E-state index contributed by atoms with van der Waals surface area (Å²) in [6.45, 7) is 2.17. The number of hydrogen-bond acceptors (Lipinski definition) is 6. The third-order valence-corrected chi connectivity index (χ3v) is 8.18. The van der Waals surface area contributed by atoms with E-state index in [4.69, 9.17) is 5.73 Å². The van der Waals surface area contributed by atoms with Gasteiger partial charge in [-0.3, -0.25) is 9.69 Å². The summed E-state index contributed by atoms with van der Waals surface area (Å²) in [5, 5.41) is 11.6. The fourth-order valence-electron chi connectivity index (χ4n) is 5.67. The summed E-state index contributed by atoms with van der Waals surface area (Å²) in [6, 6.07) is 2.65. The standard InChI is InChI=1S/C19H28N6O2.C7H11F3/c1-23(14-3-2-4-14)18-15-6-8-25(19(15)22-12-21-18)9-13-5-7-24(10-16(13)26)11-17(20)27;8-7(9,10)6-4-2-1-3-5-6/h6,8,12-14,16,26H,2-5,7,9-11H2,1H3,(H2,20,27);6H,1-5H2. The summed E-state index contributed by atoms with van der Waals surface area (Å²) in [6.07, 6.45) is 7.01. The van der Waals surface area contributed by atoms with Crippen LogP contribution in [-0.2, 0) is 11.3 Å². The average molecular weight is 525 g/mol. The molecule has 3 aliphatic rings. The van der Waals surface area contributed by atoms with E-state index in [0.29, 0.717) is 32.0 Å². The van der Waals surface area contributed by atoms with E-state index in [-0.39, 0.29) is 18.4 Å². The van der Waals surface area contributed by atoms with E-state index in [1.807, 2.05) is 11.1 Å². The number of alkyl halides is 3. The molecule has 0 radical (unpaired) electrons. The SMILES string of the molecule is CN(c1ncnc2c1ccn2CC1CCN(CC(N)=O)CC1O)C1CCC1.FC(F)(F)C1CCCCC1. The Balaban J connectivity index is 0.000000270. The molecule has 0 spiro atoms. The number of rotatable bonds is 6. The zero-order valence-corrected chi connectivity index (χ0v) is 21.5. The summed E-state index contributed by atoms with van der Waals surface area (Å²) in [7, 11) is 2.11. The highest BCUT2D eigenvalue weighted by Gasteiger charge is 2.39. The van der Waals surface area contributed by atoms with E-state index < -0.39 is 18.2 Å². The Morgan fingerprint density at radius 2 is 1.86 bits per heavy atom. The number of β-amino-alcohol motifs (C(OH)–C–C–N with tert-alkyl or cyclic N) is 1. The molecule has 3 heterocycles. The third-order valence-electron chi connectivity index (χ3n) is 8.18. The number of fused-ring (bicyclic) bond motifs is 1. The normalized spacial score (nSPS) is 23.8. The molecule has 5 rings (SSSR count). The smallest absolute Gasteiger partial charge is 0.391 e. The van der Waals surface area contributed by atoms with E-state index in [1.54, 1.807) is 6.33 Å². The van der Waals surface area contributed by atoms with Gasteiger partial charge < -0.3 is 20.3 Å². The van der Waals surface area contributed by atoms with Gasteiger partial charge in [-0.15, -0.1) is 0 Å². The maximum Gasteiger partial charge on any atom is 0.391 e. The Morgan fingerprint density at radius 3 is 2.43 bits per heavy atom. The van der Waals surface area contributed by atoms with Crippen molar-refractivity contribution < 1.29 is 23.1 Å². The summed E-state index contributed by atoms with van der Waals surface area (Å²) >= 11 is 0. The van der Waals surface area contributed by atoms with E-state index in [2.05, 4.69) is 32.5 Å². The van der Waals surface area contributed by atoms with Crippen LogP contribution in [0.15, 0.2) is 18.6 Å². The van der Waals surface area contributed by atoms with Gasteiger partial charge in [0.15, 0.2) is 0 Å². The molecular formula is C26H39F3N6O2. The molecule has 8 nitrogen and oxygen atoms in total. The predicted molar refractivity (Wildman–Crippen MR) is 136 cm³/mol. The van der Waals surface area contributed by atoms with Crippen LogP contribution in [0.3, 0.4) is 0 Å². The molecule has 3 fully saturated rings. The number of amides is 1. The van der Waals surface area contributed by atoms with Gasteiger partial charge in [0.05, 0.1) is 24.0 Å². The van der Waals surface area contributed by atoms with E-state index >= 15 is 0 Å². The molecule has 0 bridgehead atoms. The van der Waals surface area contributed by atoms with Gasteiger partial charge in [-0.25, -0.2) is 9.97 Å². The van der Waals surface area contributed by atoms with Crippen LogP contribution in [0.2, 0.25) is 0 Å². The Bertz CT molecular complexity index is 1030. The fraction of sp³-hybridized carbons (Fsp3) is 0.731. The third kappa shape index (κ3) is 6.93. The second-order valence-electron chi connectivity index (χ2n) is 10.8. The van der Waals surface area contributed by atoms with Gasteiger partial charge in [0, 0.05) is 38.3 Å². The van der Waals surface area contributed by atoms with Crippen LogP contribution in [-0.4, -0.2) is 75.5 Å². The number of carbonyl (C=O) groups is 1. The molecule has 2 unspecified atom stereocenters. The number of primary amides is 1. The number of anilines is 1. The molecule has 2 aliphatic carbocycles. The second kappa shape index (κ2) is 12.0. The number of aliphatic hydroxyl groups excluding tert-OH is 1. The second-order valence-corrected chi connectivity index (χ2v) is 10.8. The average Bonchev–Trinajstić information content (AvgIpc) is 3.23. The van der Waals surface area contributed by atoms with Crippen molar-refractivity contribution in [2.75, 3.05) is 31.6 Å². The molecule has 0 aromatic carbocycles. The van der Waals surface area contributed by atoms with Gasteiger partial charge in [-0.2, -0.15) is 13.2 Å². The van der Waals surface area contributed by atoms with Crippen molar-refractivity contribution >= 4 is 22.8 Å². The minimum absolute atomic E-state index is 0.132. The van der Waals surface area contributed by atoms with Crippen molar-refractivity contribution in [2.45, 2.75) is 82.7 Å². The van der Waals surface area contributed by atoms with Crippen molar-refractivity contribution in [3.05, 3.63) is 18.6 Å². The first-order valence-corrected chi connectivity index (χ1v) is 13.4. The predicted octanol–water partition coefficient (Wildman–Crippen LogP) is 3.72. The van der Waals surface area contributed by atoms with Gasteiger partial charge in [0.2, 0.25) is 5.91 Å². The molecule has 37 heavy (non-hydrogen) atoms. The molecule has 2 atom stereocenters. The molecule has 2 aromatic heterocycles. The lowest BCUT2D eigenvalue weighted by Crippen LogP contribution is -2.47. The number of nitrogens with zero attached hydrogens (tertiary/aromatic N) is 5. The Labute approximate surface area is 216 Å². The lowest BCUT2D eigenvalue weighted by Gasteiger charge is -2.36. The van der Waals surface area contributed by atoms with Gasteiger partial charge in [-0.1, -0.05) is 19.3 Å². The van der Waals surface area contributed by atoms with E-state index in [1.165, 1.54) is 19.3 Å². The van der Waals surface area contributed by atoms with Crippen molar-refractivity contribution in [1.82, 2.24) is 19.4 Å². The van der Waals surface area contributed by atoms with Crippen LogP contribution in [0.5, 0.6) is 0 Å². The first kappa shape index (κ1) is 27.6. The minimum atomic E-state index is -3.93. The Kier molecular flexibility index (Phi) is 8.94. The lowest BCUT2D eigenvalue weighted by molar-refractivity contribution is -0.181. The molecule has 1 saturated heterocycles. The van der Waals surface area contributed by atoms with Crippen molar-refractivity contribution in [1.29, 1.82) is 0 Å². The van der Waals surface area contributed by atoms with Crippen LogP contribution >= 0.6 is 0 Å². The highest BCUT2D eigenvalue weighted by molar-refractivity contribution is 5.88. The molecule has 2 saturated carbocycles. The van der Waals surface area contributed by atoms with E-state index in [9.17, 15) is 23.1 Å². The number of carbonyl (C=O) groups excluding carboxylic acids is 1. The summed E-state index contributed by atoms with van der Waals surface area (Å²) < 4.78 is 37.9. The number of aromatic nitrogens is 3. The number of nitrogens with two attached hydrogens (primary N) is 1. The van der Waals surface area contributed by atoms with Crippen molar-refractivity contribution in [3.63, 3.8) is 0 Å². The Morgan fingerprint density at radius 1 is 1.14 bits per heavy atom. The van der Waals surface area contributed by atoms with Gasteiger partial charge in [-0.05, 0) is 51.1 Å². The number of piperidine rings is 1. The van der Waals surface area contributed by atoms with Crippen LogP contribution in [0.1, 0.15) is 57.8 Å². The van der Waals surface area contributed by atoms with Gasteiger partial charge in [0.1, 0.15) is 17.8 Å². The van der Waals surface area contributed by atoms with Crippen LogP contribution < -0.4 is 10.6 Å². The number of hydrogen-bond donors (Lipinski definition) is 2. The van der Waals surface area contributed by atoms with E-state index in [0.717, 1.165) is 49.1 Å². The van der Waals surface area contributed by atoms with Crippen molar-refractivity contribution in [2.24, 2.45) is 17.6 Å². The van der Waals surface area contributed by atoms with Crippen LogP contribution in [0.4, 0.5) is 19.0 Å². The first-order valence-electron chi connectivity index (χ1n) is 13.4. The molecule has 11 heteroatoms. The number of halogens is 3. The molecule has 3 N–H and O–H groups in total. The Hall–Kier alpha value is -2.40. The van der Waals surface area contributed by atoms with Gasteiger partial charge in [0.25, 0.3) is 0 Å². The largest absolute Gasteiger partial charge is 0.391 e. The quantitative estimate of drug-likeness (QED) is 0.598. The zero-order chi connectivity index (χ0) is 26.6.